The molecule has 0 aromatic heterocycles. The Morgan fingerprint density at radius 1 is 1.11 bits per heavy atom. The molecule has 0 aliphatic carbocycles. The van der Waals surface area contributed by atoms with Gasteiger partial charge in [0.25, 0.3) is 10.0 Å². The van der Waals surface area contributed by atoms with Crippen LogP contribution in [0.2, 0.25) is 5.02 Å². The summed E-state index contributed by atoms with van der Waals surface area (Å²) in [6, 6.07) is 12.5. The van der Waals surface area contributed by atoms with E-state index in [1.54, 1.807) is 24.3 Å². The number of hydrogen-bond donors (Lipinski definition) is 2. The van der Waals surface area contributed by atoms with Crippen LogP contribution in [-0.4, -0.2) is 37.6 Å². The van der Waals surface area contributed by atoms with Crippen LogP contribution in [0.3, 0.4) is 0 Å². The smallest absolute Gasteiger partial charge is 0.266 e. The molecular weight excluding hydrogens is 390 g/mol. The van der Waals surface area contributed by atoms with Gasteiger partial charge >= 0.3 is 0 Å². The Morgan fingerprint density at radius 3 is 2.44 bits per heavy atom. The average Bonchev–Trinajstić information content (AvgIpc) is 2.77. The predicted molar refractivity (Wildman–Crippen MR) is 101 cm³/mol. The highest BCUT2D eigenvalue weighted by Crippen LogP contribution is 2.24. The minimum Gasteiger partial charge on any atom is -0.399 e. The monoisotopic (exact) mass is 407 g/mol. The molecule has 2 aromatic rings. The van der Waals surface area contributed by atoms with Gasteiger partial charge in [-0.3, -0.25) is 9.59 Å². The largest absolute Gasteiger partial charge is 0.399 e. The Morgan fingerprint density at radius 2 is 1.78 bits per heavy atom. The summed E-state index contributed by atoms with van der Waals surface area (Å²) in [4.78, 5) is 24.9. The van der Waals surface area contributed by atoms with Crippen LogP contribution in [0.4, 0.5) is 5.69 Å². The second kappa shape index (κ2) is 7.58. The first kappa shape index (κ1) is 19.2. The minimum absolute atomic E-state index is 0.0403. The first-order valence-corrected chi connectivity index (χ1v) is 10.0. The Balaban J connectivity index is 1.94. The number of hydrogen-bond acceptors (Lipinski definition) is 5. The molecule has 1 heterocycles. The number of carbonyl (C=O) groups excluding carboxylic acids is 2. The van der Waals surface area contributed by atoms with Crippen LogP contribution >= 0.6 is 11.6 Å². The molecule has 1 aliphatic heterocycles. The SMILES string of the molecule is Nc1ccccc1CC1CNC(=O)CN(S(=O)(=O)c2ccc(Cl)cc2)C1=O. The number of rotatable bonds is 4. The molecular formula is C18H18ClN3O4S. The number of nitrogens with one attached hydrogen (secondary N) is 1. The number of para-hydroxylation sites is 1. The maximum atomic E-state index is 13.0. The molecule has 1 saturated heterocycles. The maximum absolute atomic E-state index is 13.0. The van der Waals surface area contributed by atoms with Crippen LogP contribution in [0, 0.1) is 5.92 Å². The summed E-state index contributed by atoms with van der Waals surface area (Å²) < 4.78 is 26.5. The van der Waals surface area contributed by atoms with Crippen LogP contribution < -0.4 is 11.1 Å². The van der Waals surface area contributed by atoms with Crippen molar-refractivity contribution in [1.82, 2.24) is 9.62 Å². The van der Waals surface area contributed by atoms with E-state index in [9.17, 15) is 18.0 Å². The number of sulfonamides is 1. The molecule has 27 heavy (non-hydrogen) atoms. The van der Waals surface area contributed by atoms with E-state index in [-0.39, 0.29) is 17.9 Å². The normalized spacial score (nSPS) is 18.1. The molecule has 3 N–H and O–H groups in total. The lowest BCUT2D eigenvalue weighted by Crippen LogP contribution is -2.42. The van der Waals surface area contributed by atoms with Gasteiger partial charge in [-0.15, -0.1) is 0 Å². The predicted octanol–water partition coefficient (Wildman–Crippen LogP) is 1.43. The van der Waals surface area contributed by atoms with Crippen molar-refractivity contribution in [3.63, 3.8) is 0 Å². The number of anilines is 1. The number of nitrogens with two attached hydrogens (primary N) is 1. The van der Waals surface area contributed by atoms with Crippen molar-refractivity contribution in [3.05, 3.63) is 59.1 Å². The first-order chi connectivity index (χ1) is 12.8. The van der Waals surface area contributed by atoms with Crippen LogP contribution in [0.15, 0.2) is 53.4 Å². The molecule has 1 aliphatic rings. The minimum atomic E-state index is -4.19. The molecule has 1 atom stereocenters. The van der Waals surface area contributed by atoms with Gasteiger partial charge in [0, 0.05) is 17.3 Å². The van der Waals surface area contributed by atoms with Gasteiger partial charge in [0.05, 0.1) is 10.8 Å². The van der Waals surface area contributed by atoms with Gasteiger partial charge in [0.15, 0.2) is 0 Å². The lowest BCUT2D eigenvalue weighted by Gasteiger charge is -2.23. The zero-order valence-electron chi connectivity index (χ0n) is 14.3. The molecule has 7 nitrogen and oxygen atoms in total. The molecule has 0 spiro atoms. The van der Waals surface area contributed by atoms with Gasteiger partial charge in [-0.2, -0.15) is 0 Å². The fraction of sp³-hybridized carbons (Fsp3) is 0.222. The zero-order valence-corrected chi connectivity index (χ0v) is 15.8. The third-order valence-corrected chi connectivity index (χ3v) is 6.36. The molecule has 9 heteroatoms. The fourth-order valence-corrected chi connectivity index (χ4v) is 4.41. The lowest BCUT2D eigenvalue weighted by atomic mass is 9.97. The number of nitrogens with zero attached hydrogens (tertiary/aromatic N) is 1. The van der Waals surface area contributed by atoms with Crippen molar-refractivity contribution in [2.75, 3.05) is 18.8 Å². The molecule has 142 valence electrons. The van der Waals surface area contributed by atoms with Crippen molar-refractivity contribution in [3.8, 4) is 0 Å². The third-order valence-electron chi connectivity index (χ3n) is 4.35. The Hall–Kier alpha value is -2.58. The van der Waals surface area contributed by atoms with Crippen LogP contribution in [0.5, 0.6) is 0 Å². The molecule has 2 amide bonds. The van der Waals surface area contributed by atoms with E-state index in [0.29, 0.717) is 15.0 Å². The van der Waals surface area contributed by atoms with Crippen molar-refractivity contribution in [2.24, 2.45) is 5.92 Å². The van der Waals surface area contributed by atoms with Gasteiger partial charge in [0.1, 0.15) is 6.54 Å². The van der Waals surface area contributed by atoms with E-state index < -0.39 is 34.3 Å². The second-order valence-electron chi connectivity index (χ2n) is 6.21. The molecule has 0 radical (unpaired) electrons. The van der Waals surface area contributed by atoms with Gasteiger partial charge in [-0.05, 0) is 42.3 Å². The van der Waals surface area contributed by atoms with E-state index in [4.69, 9.17) is 17.3 Å². The second-order valence-corrected chi connectivity index (χ2v) is 8.51. The average molecular weight is 408 g/mol. The summed E-state index contributed by atoms with van der Waals surface area (Å²) >= 11 is 5.80. The number of halogens is 1. The fourth-order valence-electron chi connectivity index (χ4n) is 2.87. The highest BCUT2D eigenvalue weighted by atomic mass is 35.5. The quantitative estimate of drug-likeness (QED) is 0.745. The van der Waals surface area contributed by atoms with Crippen molar-refractivity contribution < 1.29 is 18.0 Å². The molecule has 1 unspecified atom stereocenters. The summed E-state index contributed by atoms with van der Waals surface area (Å²) in [5.74, 6) is -1.93. The topological polar surface area (TPSA) is 110 Å². The lowest BCUT2D eigenvalue weighted by molar-refractivity contribution is -0.131. The number of benzene rings is 2. The van der Waals surface area contributed by atoms with E-state index >= 15 is 0 Å². The Kier molecular flexibility index (Phi) is 5.38. The first-order valence-electron chi connectivity index (χ1n) is 8.21. The van der Waals surface area contributed by atoms with Gasteiger partial charge in [-0.25, -0.2) is 12.7 Å². The summed E-state index contributed by atoms with van der Waals surface area (Å²) in [5.41, 5.74) is 7.16. The summed E-state index contributed by atoms with van der Waals surface area (Å²) in [6.07, 6.45) is 0.221. The Bertz CT molecular complexity index is 976. The summed E-state index contributed by atoms with van der Waals surface area (Å²) in [5, 5.41) is 2.97. The molecule has 3 rings (SSSR count). The van der Waals surface area contributed by atoms with Crippen molar-refractivity contribution in [2.45, 2.75) is 11.3 Å². The highest BCUT2D eigenvalue weighted by Gasteiger charge is 2.38. The van der Waals surface area contributed by atoms with Crippen molar-refractivity contribution >= 4 is 39.1 Å². The van der Waals surface area contributed by atoms with E-state index in [2.05, 4.69) is 5.32 Å². The standard InChI is InChI=1S/C18H18ClN3O4S/c19-14-5-7-15(8-6-14)27(25,26)22-11-17(23)21-10-13(18(22)24)9-12-3-1-2-4-16(12)20/h1-8,13H,9-11,20H2,(H,21,23). The Labute approximate surface area is 162 Å². The van der Waals surface area contributed by atoms with Crippen LogP contribution in [0.25, 0.3) is 0 Å². The number of carbonyl (C=O) groups is 2. The van der Waals surface area contributed by atoms with Gasteiger partial charge < -0.3 is 11.1 Å². The van der Waals surface area contributed by atoms with Crippen molar-refractivity contribution in [1.29, 1.82) is 0 Å². The maximum Gasteiger partial charge on any atom is 0.266 e. The van der Waals surface area contributed by atoms with E-state index in [0.717, 1.165) is 5.56 Å². The zero-order chi connectivity index (χ0) is 19.6. The summed E-state index contributed by atoms with van der Waals surface area (Å²) in [7, 11) is -4.19. The summed E-state index contributed by atoms with van der Waals surface area (Å²) in [6.45, 7) is -0.525. The van der Waals surface area contributed by atoms with Gasteiger partial charge in [-0.1, -0.05) is 29.8 Å². The van der Waals surface area contributed by atoms with E-state index in [1.165, 1.54) is 24.3 Å². The number of amides is 2. The molecule has 0 bridgehead atoms. The molecule has 1 fully saturated rings. The van der Waals surface area contributed by atoms with E-state index in [1.807, 2.05) is 0 Å². The van der Waals surface area contributed by atoms with Crippen LogP contribution in [-0.2, 0) is 26.0 Å². The number of nitrogen functional groups attached to an aromatic ring is 1. The third kappa shape index (κ3) is 4.06. The van der Waals surface area contributed by atoms with Crippen LogP contribution in [0.1, 0.15) is 5.56 Å². The highest BCUT2D eigenvalue weighted by molar-refractivity contribution is 7.89. The van der Waals surface area contributed by atoms with Gasteiger partial charge in [0.2, 0.25) is 11.8 Å². The molecule has 2 aromatic carbocycles. The molecule has 0 saturated carbocycles.